The monoisotopic (exact) mass is 286 g/mol. The van der Waals surface area contributed by atoms with Crippen molar-refractivity contribution >= 4 is 0 Å². The lowest BCUT2D eigenvalue weighted by molar-refractivity contribution is 0.162. The zero-order valence-electron chi connectivity index (χ0n) is 12.6. The smallest absolute Gasteiger partial charge is 0.159 e. The van der Waals surface area contributed by atoms with Gasteiger partial charge in [0.15, 0.2) is 11.6 Å². The molecule has 1 unspecified atom stereocenters. The van der Waals surface area contributed by atoms with Crippen molar-refractivity contribution in [2.45, 2.75) is 20.0 Å². The number of aliphatic hydroxyl groups excluding tert-OH is 1. The van der Waals surface area contributed by atoms with E-state index in [0.717, 1.165) is 25.2 Å². The maximum absolute atomic E-state index is 13.1. The summed E-state index contributed by atoms with van der Waals surface area (Å²) >= 11 is 0. The fourth-order valence-corrected chi connectivity index (χ4v) is 2.30. The molecule has 0 amide bonds. The van der Waals surface area contributed by atoms with Crippen LogP contribution >= 0.6 is 0 Å². The Morgan fingerprint density at radius 2 is 1.90 bits per heavy atom. The lowest BCUT2D eigenvalue weighted by Crippen LogP contribution is -2.38. The van der Waals surface area contributed by atoms with E-state index in [1.807, 2.05) is 14.1 Å². The van der Waals surface area contributed by atoms with E-state index < -0.39 is 17.7 Å². The van der Waals surface area contributed by atoms with Gasteiger partial charge < -0.3 is 15.3 Å². The van der Waals surface area contributed by atoms with Gasteiger partial charge in [0.1, 0.15) is 0 Å². The van der Waals surface area contributed by atoms with Crippen molar-refractivity contribution in [1.29, 1.82) is 0 Å². The molecule has 5 heteroatoms. The molecule has 2 N–H and O–H groups in total. The van der Waals surface area contributed by atoms with E-state index in [4.69, 9.17) is 0 Å². The fourth-order valence-electron chi connectivity index (χ4n) is 2.30. The largest absolute Gasteiger partial charge is 0.387 e. The summed E-state index contributed by atoms with van der Waals surface area (Å²) in [7, 11) is 4.02. The van der Waals surface area contributed by atoms with Gasteiger partial charge in [-0.1, -0.05) is 19.9 Å². The first-order valence-corrected chi connectivity index (χ1v) is 6.70. The average Bonchev–Trinajstić information content (AvgIpc) is 2.30. The van der Waals surface area contributed by atoms with Crippen LogP contribution in [0.5, 0.6) is 0 Å². The Bertz CT molecular complexity index is 436. The van der Waals surface area contributed by atoms with Crippen molar-refractivity contribution in [3.63, 3.8) is 0 Å². The maximum atomic E-state index is 13.1. The molecule has 0 aliphatic rings. The van der Waals surface area contributed by atoms with Crippen molar-refractivity contribution in [3.8, 4) is 0 Å². The molecule has 0 radical (unpaired) electrons. The van der Waals surface area contributed by atoms with Gasteiger partial charge in [-0.3, -0.25) is 0 Å². The number of benzene rings is 1. The minimum Gasteiger partial charge on any atom is -0.387 e. The molecule has 0 bridgehead atoms. The Morgan fingerprint density at radius 3 is 2.45 bits per heavy atom. The molecule has 1 aromatic carbocycles. The summed E-state index contributed by atoms with van der Waals surface area (Å²) in [5.74, 6) is -1.84. The number of nitrogens with zero attached hydrogens (tertiary/aromatic N) is 1. The van der Waals surface area contributed by atoms with Gasteiger partial charge in [0.25, 0.3) is 0 Å². The zero-order chi connectivity index (χ0) is 15.3. The first-order valence-electron chi connectivity index (χ1n) is 6.70. The highest BCUT2D eigenvalue weighted by molar-refractivity contribution is 5.20. The molecule has 1 aromatic rings. The topological polar surface area (TPSA) is 35.5 Å². The van der Waals surface area contributed by atoms with Gasteiger partial charge in [0.2, 0.25) is 0 Å². The number of nitrogens with one attached hydrogen (secondary N) is 1. The molecule has 1 rings (SSSR count). The predicted molar refractivity (Wildman–Crippen MR) is 76.5 cm³/mol. The minimum absolute atomic E-state index is 0.0667. The predicted octanol–water partition coefficient (Wildman–Crippen LogP) is 2.18. The van der Waals surface area contributed by atoms with Gasteiger partial charge in [-0.2, -0.15) is 0 Å². The van der Waals surface area contributed by atoms with Crippen LogP contribution in [0.3, 0.4) is 0 Å². The molecule has 0 fully saturated rings. The summed E-state index contributed by atoms with van der Waals surface area (Å²) in [6.07, 6.45) is -0.847. The summed E-state index contributed by atoms with van der Waals surface area (Å²) in [6.45, 7) is 6.21. The molecular weight excluding hydrogens is 262 g/mol. The molecule has 0 aliphatic carbocycles. The van der Waals surface area contributed by atoms with E-state index in [1.54, 1.807) is 0 Å². The summed E-state index contributed by atoms with van der Waals surface area (Å²) < 4.78 is 25.9. The minimum atomic E-state index is -0.936. The highest BCUT2D eigenvalue weighted by Gasteiger charge is 2.19. The molecule has 3 nitrogen and oxygen atoms in total. The molecule has 0 spiro atoms. The van der Waals surface area contributed by atoms with Crippen LogP contribution in [0, 0.1) is 17.0 Å². The van der Waals surface area contributed by atoms with Crippen LogP contribution in [-0.2, 0) is 0 Å². The first kappa shape index (κ1) is 17.0. The van der Waals surface area contributed by atoms with Crippen molar-refractivity contribution in [2.75, 3.05) is 33.7 Å². The molecule has 1 atom stereocenters. The van der Waals surface area contributed by atoms with Crippen LogP contribution < -0.4 is 5.32 Å². The zero-order valence-corrected chi connectivity index (χ0v) is 12.6. The first-order chi connectivity index (χ1) is 9.21. The van der Waals surface area contributed by atoms with Crippen molar-refractivity contribution in [3.05, 3.63) is 35.4 Å². The van der Waals surface area contributed by atoms with E-state index in [0.29, 0.717) is 12.1 Å². The quantitative estimate of drug-likeness (QED) is 0.806. The number of rotatable bonds is 7. The summed E-state index contributed by atoms with van der Waals surface area (Å²) in [6, 6.07) is 3.46. The molecule has 114 valence electrons. The van der Waals surface area contributed by atoms with Gasteiger partial charge in [-0.05, 0) is 37.2 Å². The molecule has 0 aliphatic heterocycles. The molecule has 0 saturated heterocycles. The van der Waals surface area contributed by atoms with Crippen molar-refractivity contribution < 1.29 is 13.9 Å². The second-order valence-electron chi connectivity index (χ2n) is 6.22. The second-order valence-corrected chi connectivity index (χ2v) is 6.22. The molecule has 20 heavy (non-hydrogen) atoms. The van der Waals surface area contributed by atoms with Gasteiger partial charge >= 0.3 is 0 Å². The van der Waals surface area contributed by atoms with Crippen LogP contribution in [0.1, 0.15) is 25.5 Å². The van der Waals surface area contributed by atoms with Crippen molar-refractivity contribution in [1.82, 2.24) is 10.2 Å². The maximum Gasteiger partial charge on any atom is 0.159 e. The Morgan fingerprint density at radius 1 is 1.25 bits per heavy atom. The number of hydrogen-bond donors (Lipinski definition) is 2. The Labute approximate surface area is 119 Å². The Hall–Kier alpha value is -1.04. The average molecular weight is 286 g/mol. The van der Waals surface area contributed by atoms with Crippen LogP contribution in [0.4, 0.5) is 8.78 Å². The number of hydrogen-bond acceptors (Lipinski definition) is 3. The summed E-state index contributed by atoms with van der Waals surface area (Å²) in [5.41, 5.74) is 0.443. The number of aliphatic hydroxyl groups is 1. The van der Waals surface area contributed by atoms with E-state index in [-0.39, 0.29) is 5.41 Å². The van der Waals surface area contributed by atoms with Crippen LogP contribution in [0.15, 0.2) is 18.2 Å². The molecule has 0 aromatic heterocycles. The van der Waals surface area contributed by atoms with Gasteiger partial charge in [-0.15, -0.1) is 0 Å². The Balaban J connectivity index is 2.47. The van der Waals surface area contributed by atoms with E-state index in [2.05, 4.69) is 24.1 Å². The van der Waals surface area contributed by atoms with Crippen LogP contribution in [-0.4, -0.2) is 43.7 Å². The SMILES string of the molecule is CN(C)CC(C)(C)CNCC(O)c1ccc(F)c(F)c1. The molecule has 0 saturated carbocycles. The van der Waals surface area contributed by atoms with Gasteiger partial charge in [0, 0.05) is 19.6 Å². The second kappa shape index (κ2) is 7.11. The third kappa shape index (κ3) is 5.53. The third-order valence-electron chi connectivity index (χ3n) is 3.01. The van der Waals surface area contributed by atoms with Gasteiger partial charge in [-0.25, -0.2) is 8.78 Å². The lowest BCUT2D eigenvalue weighted by atomic mass is 9.93. The Kier molecular flexibility index (Phi) is 6.05. The fraction of sp³-hybridized carbons (Fsp3) is 0.600. The van der Waals surface area contributed by atoms with E-state index in [1.165, 1.54) is 6.07 Å². The summed E-state index contributed by atoms with van der Waals surface area (Å²) in [5, 5.41) is 13.1. The molecular formula is C15H24F2N2O. The molecule has 0 heterocycles. The van der Waals surface area contributed by atoms with Gasteiger partial charge in [0.05, 0.1) is 6.10 Å². The third-order valence-corrected chi connectivity index (χ3v) is 3.01. The number of halogens is 2. The van der Waals surface area contributed by atoms with E-state index in [9.17, 15) is 13.9 Å². The highest BCUT2D eigenvalue weighted by atomic mass is 19.2. The standard InChI is InChI=1S/C15H24F2N2O/c1-15(2,10-19(3)4)9-18-8-14(20)11-5-6-12(16)13(17)7-11/h5-7,14,18,20H,8-10H2,1-4H3. The van der Waals surface area contributed by atoms with Crippen LogP contribution in [0.2, 0.25) is 0 Å². The highest BCUT2D eigenvalue weighted by Crippen LogP contribution is 2.17. The summed E-state index contributed by atoms with van der Waals surface area (Å²) in [4.78, 5) is 2.10. The van der Waals surface area contributed by atoms with Crippen LogP contribution in [0.25, 0.3) is 0 Å². The van der Waals surface area contributed by atoms with E-state index >= 15 is 0 Å². The van der Waals surface area contributed by atoms with Crippen molar-refractivity contribution in [2.24, 2.45) is 5.41 Å². The lowest BCUT2D eigenvalue weighted by Gasteiger charge is -2.29. The normalized spacial score (nSPS) is 13.8.